The van der Waals surface area contributed by atoms with Crippen molar-refractivity contribution in [3.05, 3.63) is 34.9 Å². The number of benzene rings is 1. The van der Waals surface area contributed by atoms with Crippen molar-refractivity contribution in [2.24, 2.45) is 5.92 Å². The second kappa shape index (κ2) is 6.59. The Morgan fingerprint density at radius 2 is 2.30 bits per heavy atom. The Morgan fingerprint density at radius 3 is 2.85 bits per heavy atom. The first-order valence-electron chi connectivity index (χ1n) is 7.27. The normalized spacial score (nSPS) is 25.4. The topological polar surface area (TPSA) is 40.5 Å². The lowest BCUT2D eigenvalue weighted by atomic mass is 9.89. The summed E-state index contributed by atoms with van der Waals surface area (Å²) < 4.78 is 0. The van der Waals surface area contributed by atoms with Crippen molar-refractivity contribution >= 4 is 17.6 Å². The van der Waals surface area contributed by atoms with E-state index in [2.05, 4.69) is 24.8 Å². The van der Waals surface area contributed by atoms with Gasteiger partial charge in [-0.05, 0) is 50.4 Å². The summed E-state index contributed by atoms with van der Waals surface area (Å²) in [7, 11) is 0. The Balaban J connectivity index is 2.14. The van der Waals surface area contributed by atoms with Crippen LogP contribution in [0.4, 0.5) is 0 Å². The van der Waals surface area contributed by atoms with Crippen LogP contribution in [0.5, 0.6) is 0 Å². The Bertz CT molecular complexity index is 477. The largest absolute Gasteiger partial charge is 0.481 e. The van der Waals surface area contributed by atoms with E-state index in [1.165, 1.54) is 5.56 Å². The number of hydrogen-bond donors (Lipinski definition) is 1. The molecule has 0 aliphatic carbocycles. The summed E-state index contributed by atoms with van der Waals surface area (Å²) in [4.78, 5) is 13.5. The zero-order chi connectivity index (χ0) is 14.7. The minimum Gasteiger partial charge on any atom is -0.481 e. The average Bonchev–Trinajstić information content (AvgIpc) is 2.41. The second-order valence-electron chi connectivity index (χ2n) is 5.63. The number of nitrogens with zero attached hydrogens (tertiary/aromatic N) is 1. The number of piperidine rings is 1. The average molecular weight is 296 g/mol. The molecular formula is C16H22ClNO2. The van der Waals surface area contributed by atoms with Gasteiger partial charge in [-0.15, -0.1) is 0 Å². The molecule has 1 saturated heterocycles. The predicted octanol–water partition coefficient (Wildman–Crippen LogP) is 3.98. The quantitative estimate of drug-likeness (QED) is 0.913. The highest BCUT2D eigenvalue weighted by Gasteiger charge is 2.33. The van der Waals surface area contributed by atoms with Gasteiger partial charge in [-0.3, -0.25) is 9.69 Å². The lowest BCUT2D eigenvalue weighted by Crippen LogP contribution is -2.44. The molecule has 1 fully saturated rings. The van der Waals surface area contributed by atoms with Gasteiger partial charge in [-0.2, -0.15) is 0 Å². The molecule has 1 aromatic carbocycles. The van der Waals surface area contributed by atoms with E-state index >= 15 is 0 Å². The van der Waals surface area contributed by atoms with Gasteiger partial charge < -0.3 is 5.11 Å². The van der Waals surface area contributed by atoms with Gasteiger partial charge in [-0.25, -0.2) is 0 Å². The second-order valence-corrected chi connectivity index (χ2v) is 6.06. The van der Waals surface area contributed by atoms with Crippen molar-refractivity contribution in [3.8, 4) is 0 Å². The molecule has 20 heavy (non-hydrogen) atoms. The molecule has 0 aromatic heterocycles. The van der Waals surface area contributed by atoms with Crippen LogP contribution in [0.2, 0.25) is 5.02 Å². The van der Waals surface area contributed by atoms with Crippen molar-refractivity contribution in [2.45, 2.75) is 45.2 Å². The molecule has 2 rings (SSSR count). The van der Waals surface area contributed by atoms with E-state index < -0.39 is 5.97 Å². The van der Waals surface area contributed by atoms with Crippen LogP contribution >= 0.6 is 11.6 Å². The molecule has 0 radical (unpaired) electrons. The maximum Gasteiger partial charge on any atom is 0.306 e. The van der Waals surface area contributed by atoms with Crippen LogP contribution in [0, 0.1) is 5.92 Å². The van der Waals surface area contributed by atoms with E-state index in [4.69, 9.17) is 16.7 Å². The monoisotopic (exact) mass is 295 g/mol. The molecular weight excluding hydrogens is 274 g/mol. The molecule has 0 spiro atoms. The molecule has 1 N–H and O–H groups in total. The summed E-state index contributed by atoms with van der Waals surface area (Å²) in [5.41, 5.74) is 1.22. The number of likely N-dealkylation sites (tertiary alicyclic amines) is 1. The summed E-state index contributed by atoms with van der Waals surface area (Å²) >= 11 is 6.09. The summed E-state index contributed by atoms with van der Waals surface area (Å²) in [5, 5.41) is 9.91. The maximum atomic E-state index is 11.1. The molecule has 1 aliphatic heterocycles. The van der Waals surface area contributed by atoms with Crippen LogP contribution < -0.4 is 0 Å². The maximum absolute atomic E-state index is 11.1. The molecule has 0 bridgehead atoms. The fourth-order valence-electron chi connectivity index (χ4n) is 3.25. The number of aliphatic carboxylic acids is 1. The van der Waals surface area contributed by atoms with Crippen LogP contribution in [0.25, 0.3) is 0 Å². The molecule has 1 aromatic rings. The summed E-state index contributed by atoms with van der Waals surface area (Å²) in [6, 6.07) is 8.60. The van der Waals surface area contributed by atoms with Gasteiger partial charge in [0.2, 0.25) is 0 Å². The first-order valence-corrected chi connectivity index (χ1v) is 7.64. The van der Waals surface area contributed by atoms with Gasteiger partial charge in [0, 0.05) is 17.1 Å². The fourth-order valence-corrected chi connectivity index (χ4v) is 3.45. The standard InChI is InChI=1S/C16H22ClNO2/c1-3-15(12-5-4-6-14(17)10-12)18-8-7-13(16(19)20)9-11(18)2/h4-6,10-11,13,15H,3,7-9H2,1-2H3,(H,19,20). The number of halogens is 1. The highest BCUT2D eigenvalue weighted by molar-refractivity contribution is 6.30. The van der Waals surface area contributed by atoms with Crippen molar-refractivity contribution in [2.75, 3.05) is 6.54 Å². The molecule has 1 heterocycles. The van der Waals surface area contributed by atoms with E-state index in [0.717, 1.165) is 30.8 Å². The van der Waals surface area contributed by atoms with Crippen molar-refractivity contribution in [3.63, 3.8) is 0 Å². The van der Waals surface area contributed by atoms with Gasteiger partial charge in [-0.1, -0.05) is 30.7 Å². The Labute approximate surface area is 125 Å². The van der Waals surface area contributed by atoms with Gasteiger partial charge in [0.25, 0.3) is 0 Å². The molecule has 3 atom stereocenters. The third-order valence-corrected chi connectivity index (χ3v) is 4.53. The van der Waals surface area contributed by atoms with Crippen LogP contribution in [0.15, 0.2) is 24.3 Å². The first-order chi connectivity index (χ1) is 9.52. The SMILES string of the molecule is CCC(c1cccc(Cl)c1)N1CCC(C(=O)O)CC1C. The number of hydrogen-bond acceptors (Lipinski definition) is 2. The van der Waals surface area contributed by atoms with Crippen molar-refractivity contribution in [1.29, 1.82) is 0 Å². The summed E-state index contributed by atoms with van der Waals surface area (Å²) in [6.07, 6.45) is 2.46. The predicted molar refractivity (Wildman–Crippen MR) is 81.0 cm³/mol. The minimum atomic E-state index is -0.660. The molecule has 110 valence electrons. The Morgan fingerprint density at radius 1 is 1.55 bits per heavy atom. The molecule has 4 heteroatoms. The van der Waals surface area contributed by atoms with E-state index in [0.29, 0.717) is 6.04 Å². The Hall–Kier alpha value is -1.06. The van der Waals surface area contributed by atoms with Gasteiger partial charge >= 0.3 is 5.97 Å². The highest BCUT2D eigenvalue weighted by atomic mass is 35.5. The van der Waals surface area contributed by atoms with E-state index in [1.54, 1.807) is 0 Å². The lowest BCUT2D eigenvalue weighted by molar-refractivity contribution is -0.144. The van der Waals surface area contributed by atoms with E-state index in [9.17, 15) is 4.79 Å². The van der Waals surface area contributed by atoms with E-state index in [-0.39, 0.29) is 12.0 Å². The molecule has 0 saturated carbocycles. The van der Waals surface area contributed by atoms with Gasteiger partial charge in [0.15, 0.2) is 0 Å². The van der Waals surface area contributed by atoms with Gasteiger partial charge in [0.1, 0.15) is 0 Å². The lowest BCUT2D eigenvalue weighted by Gasteiger charge is -2.41. The molecule has 3 unspecified atom stereocenters. The zero-order valence-corrected chi connectivity index (χ0v) is 12.8. The van der Waals surface area contributed by atoms with Gasteiger partial charge in [0.05, 0.1) is 5.92 Å². The summed E-state index contributed by atoms with van der Waals surface area (Å²) in [5.74, 6) is -0.856. The third kappa shape index (κ3) is 3.33. The van der Waals surface area contributed by atoms with Crippen LogP contribution in [0.1, 0.15) is 44.7 Å². The number of carbonyl (C=O) groups is 1. The van der Waals surface area contributed by atoms with Crippen LogP contribution in [-0.2, 0) is 4.79 Å². The fraction of sp³-hybridized carbons (Fsp3) is 0.562. The Kier molecular flexibility index (Phi) is 5.06. The first kappa shape index (κ1) is 15.3. The molecule has 1 aliphatic rings. The van der Waals surface area contributed by atoms with E-state index in [1.807, 2.05) is 18.2 Å². The third-order valence-electron chi connectivity index (χ3n) is 4.30. The highest BCUT2D eigenvalue weighted by Crippen LogP contribution is 2.33. The number of carboxylic acids is 1. The van der Waals surface area contributed by atoms with Crippen molar-refractivity contribution < 1.29 is 9.90 Å². The number of rotatable bonds is 4. The van der Waals surface area contributed by atoms with Crippen LogP contribution in [0.3, 0.4) is 0 Å². The molecule has 0 amide bonds. The minimum absolute atomic E-state index is 0.196. The van der Waals surface area contributed by atoms with Crippen molar-refractivity contribution in [1.82, 2.24) is 4.90 Å². The zero-order valence-electron chi connectivity index (χ0n) is 12.1. The number of carboxylic acid groups (broad SMARTS) is 1. The summed E-state index contributed by atoms with van der Waals surface area (Å²) in [6.45, 7) is 5.13. The molecule has 3 nitrogen and oxygen atoms in total. The smallest absolute Gasteiger partial charge is 0.306 e. The van der Waals surface area contributed by atoms with Crippen LogP contribution in [-0.4, -0.2) is 28.6 Å².